The molecule has 0 amide bonds. The number of benzene rings is 1. The fourth-order valence-corrected chi connectivity index (χ4v) is 2.09. The van der Waals surface area contributed by atoms with Gasteiger partial charge in [-0.05, 0) is 37.1 Å². The van der Waals surface area contributed by atoms with Crippen LogP contribution in [0, 0.1) is 0 Å². The smallest absolute Gasteiger partial charge is 0.311 e. The molecule has 0 aromatic heterocycles. The summed E-state index contributed by atoms with van der Waals surface area (Å²) < 4.78 is 27.2. The van der Waals surface area contributed by atoms with E-state index in [0.717, 1.165) is 0 Å². The minimum absolute atomic E-state index is 0.0610. The quantitative estimate of drug-likeness (QED) is 0.261. The lowest BCUT2D eigenvalue weighted by Gasteiger charge is -2.06. The maximum atomic E-state index is 11.6. The lowest BCUT2D eigenvalue weighted by atomic mass is 10.2. The van der Waals surface area contributed by atoms with E-state index in [4.69, 9.17) is 20.3 Å². The Balaban J connectivity index is 2.28. The molecule has 0 bridgehead atoms. The molecule has 0 heterocycles. The highest BCUT2D eigenvalue weighted by atomic mass is 32.2. The Morgan fingerprint density at radius 2 is 1.77 bits per heavy atom. The first-order chi connectivity index (χ1) is 10.3. The van der Waals surface area contributed by atoms with Crippen LogP contribution >= 0.6 is 0 Å². The summed E-state index contributed by atoms with van der Waals surface area (Å²) in [4.78, 5) is 15.8. The summed E-state index contributed by atoms with van der Waals surface area (Å²) >= 11 is 0. The van der Waals surface area contributed by atoms with E-state index in [1.54, 1.807) is 0 Å². The first-order valence-electron chi connectivity index (χ1n) is 6.43. The number of hydrogen-bond acceptors (Lipinski definition) is 8. The fourth-order valence-electron chi connectivity index (χ4n) is 1.57. The number of esters is 1. The molecule has 0 unspecified atom stereocenters. The van der Waals surface area contributed by atoms with Gasteiger partial charge in [0.25, 0.3) is 0 Å². The largest absolute Gasteiger partial charge is 0.427 e. The summed E-state index contributed by atoms with van der Waals surface area (Å²) in [6, 6.07) is 5.21. The molecule has 0 radical (unpaired) electrons. The van der Waals surface area contributed by atoms with Crippen LogP contribution in [0.2, 0.25) is 0 Å². The Morgan fingerprint density at radius 1 is 1.14 bits per heavy atom. The van der Waals surface area contributed by atoms with Crippen molar-refractivity contribution in [2.75, 3.05) is 6.61 Å². The van der Waals surface area contributed by atoms with Crippen LogP contribution in [0.3, 0.4) is 0 Å². The van der Waals surface area contributed by atoms with Gasteiger partial charge in [0.15, 0.2) is 0 Å². The van der Waals surface area contributed by atoms with Crippen molar-refractivity contribution in [1.29, 1.82) is 0 Å². The number of primary sulfonamides is 1. The molecule has 0 saturated carbocycles. The molecule has 1 rings (SSSR count). The molecule has 0 aliphatic carbocycles. The summed E-state index contributed by atoms with van der Waals surface area (Å²) in [6.45, 7) is 0.122. The number of nitrogens with two attached hydrogens (primary N) is 1. The molecule has 4 N–H and O–H groups in total. The topological polar surface area (TPSA) is 139 Å². The highest BCUT2D eigenvalue weighted by Crippen LogP contribution is 2.15. The molecule has 0 aliphatic rings. The predicted octanol–water partition coefficient (Wildman–Crippen LogP) is 0.812. The predicted molar refractivity (Wildman–Crippen MR) is 73.3 cm³/mol. The molecule has 0 spiro atoms. The van der Waals surface area contributed by atoms with E-state index in [1.807, 2.05) is 0 Å². The van der Waals surface area contributed by atoms with Crippen LogP contribution in [-0.4, -0.2) is 36.8 Å². The molecule has 0 fully saturated rings. The van der Waals surface area contributed by atoms with E-state index in [9.17, 15) is 13.2 Å². The third-order valence-corrected chi connectivity index (χ3v) is 3.55. The van der Waals surface area contributed by atoms with Crippen LogP contribution < -0.4 is 9.88 Å². The van der Waals surface area contributed by atoms with Gasteiger partial charge in [0.1, 0.15) is 5.75 Å². The second-order valence-electron chi connectivity index (χ2n) is 4.39. The maximum Gasteiger partial charge on any atom is 0.311 e. The van der Waals surface area contributed by atoms with Gasteiger partial charge in [-0.2, -0.15) is 0 Å². The number of hydrogen-bond donors (Lipinski definition) is 3. The van der Waals surface area contributed by atoms with Crippen molar-refractivity contribution < 1.29 is 33.2 Å². The van der Waals surface area contributed by atoms with Gasteiger partial charge < -0.3 is 4.74 Å². The SMILES string of the molecule is NS(=O)(=O)c1ccc(OC(=O)CCCCCON(O)O)cc1. The average molecular weight is 334 g/mol. The number of unbranched alkanes of at least 4 members (excludes halogenated alkanes) is 2. The maximum absolute atomic E-state index is 11.6. The van der Waals surface area contributed by atoms with Crippen molar-refractivity contribution in [2.24, 2.45) is 5.14 Å². The third-order valence-electron chi connectivity index (χ3n) is 2.62. The van der Waals surface area contributed by atoms with Crippen LogP contribution in [0.15, 0.2) is 29.2 Å². The number of carbonyl (C=O) groups is 1. The summed E-state index contributed by atoms with van der Waals surface area (Å²) in [6.07, 6.45) is 1.93. The van der Waals surface area contributed by atoms with Crippen LogP contribution in [-0.2, 0) is 19.7 Å². The Morgan fingerprint density at radius 3 is 2.32 bits per heavy atom. The average Bonchev–Trinajstić information content (AvgIpc) is 2.42. The van der Waals surface area contributed by atoms with Crippen LogP contribution in [0.4, 0.5) is 0 Å². The second kappa shape index (κ2) is 8.78. The first-order valence-corrected chi connectivity index (χ1v) is 7.98. The molecular weight excluding hydrogens is 316 g/mol. The van der Waals surface area contributed by atoms with E-state index >= 15 is 0 Å². The molecule has 22 heavy (non-hydrogen) atoms. The van der Waals surface area contributed by atoms with Gasteiger partial charge in [-0.1, -0.05) is 6.42 Å². The number of carbonyl (C=O) groups excluding carboxylic acids is 1. The highest BCUT2D eigenvalue weighted by Gasteiger charge is 2.09. The van der Waals surface area contributed by atoms with E-state index in [1.165, 1.54) is 24.3 Å². The van der Waals surface area contributed by atoms with Crippen molar-refractivity contribution in [1.82, 2.24) is 5.39 Å². The number of ether oxygens (including phenoxy) is 1. The van der Waals surface area contributed by atoms with E-state index in [2.05, 4.69) is 4.84 Å². The van der Waals surface area contributed by atoms with Gasteiger partial charge in [0.05, 0.1) is 16.9 Å². The number of nitrogens with zero attached hydrogens (tertiary/aromatic N) is 1. The normalized spacial score (nSPS) is 11.6. The second-order valence-corrected chi connectivity index (χ2v) is 5.95. The molecule has 0 aliphatic heterocycles. The molecule has 1 aromatic carbocycles. The minimum Gasteiger partial charge on any atom is -0.427 e. The third kappa shape index (κ3) is 7.45. The van der Waals surface area contributed by atoms with Gasteiger partial charge >= 0.3 is 5.97 Å². The van der Waals surface area contributed by atoms with Crippen molar-refractivity contribution >= 4 is 16.0 Å². The van der Waals surface area contributed by atoms with Crippen LogP contribution in [0.5, 0.6) is 5.75 Å². The Kier molecular flexibility index (Phi) is 7.38. The van der Waals surface area contributed by atoms with Gasteiger partial charge in [-0.15, -0.1) is 0 Å². The van der Waals surface area contributed by atoms with Crippen LogP contribution in [0.25, 0.3) is 0 Å². The van der Waals surface area contributed by atoms with Gasteiger partial charge in [0, 0.05) is 6.42 Å². The zero-order valence-electron chi connectivity index (χ0n) is 11.7. The summed E-state index contributed by atoms with van der Waals surface area (Å²) in [5.74, 6) is -0.216. The summed E-state index contributed by atoms with van der Waals surface area (Å²) in [5, 5.41) is 21.1. The molecule has 124 valence electrons. The zero-order valence-corrected chi connectivity index (χ0v) is 12.5. The van der Waals surface area contributed by atoms with Crippen molar-refractivity contribution in [2.45, 2.75) is 30.6 Å². The van der Waals surface area contributed by atoms with Gasteiger partial charge in [-0.3, -0.25) is 20.0 Å². The Labute approximate surface area is 127 Å². The van der Waals surface area contributed by atoms with Crippen molar-refractivity contribution in [3.05, 3.63) is 24.3 Å². The molecule has 9 nitrogen and oxygen atoms in total. The first kappa shape index (κ1) is 18.5. The minimum atomic E-state index is -3.77. The lowest BCUT2D eigenvalue weighted by Crippen LogP contribution is -2.15. The molecule has 1 aromatic rings. The Hall–Kier alpha value is -1.56. The number of sulfonamides is 1. The van der Waals surface area contributed by atoms with Crippen molar-refractivity contribution in [3.63, 3.8) is 0 Å². The standard InChI is InChI=1S/C12H18N2O7S/c13-22(18,19)11-7-5-10(6-8-11)21-12(15)4-2-1-3-9-20-14(16)17/h5-8,16-17H,1-4,9H2,(H2,13,18,19). The van der Waals surface area contributed by atoms with E-state index in [-0.39, 0.29) is 29.1 Å². The number of rotatable bonds is 9. The molecule has 10 heteroatoms. The molecule has 0 atom stereocenters. The lowest BCUT2D eigenvalue weighted by molar-refractivity contribution is -0.492. The summed E-state index contributed by atoms with van der Waals surface area (Å²) in [5.41, 5.74) is 0. The molecule has 0 saturated heterocycles. The Bertz CT molecular complexity index is 572. The fraction of sp³-hybridized carbons (Fsp3) is 0.417. The summed E-state index contributed by atoms with van der Waals surface area (Å²) in [7, 11) is -3.77. The van der Waals surface area contributed by atoms with Gasteiger partial charge in [-0.25, -0.2) is 13.6 Å². The van der Waals surface area contributed by atoms with Crippen LogP contribution in [0.1, 0.15) is 25.7 Å². The highest BCUT2D eigenvalue weighted by molar-refractivity contribution is 7.89. The van der Waals surface area contributed by atoms with E-state index in [0.29, 0.717) is 19.3 Å². The van der Waals surface area contributed by atoms with E-state index < -0.39 is 16.0 Å². The monoisotopic (exact) mass is 334 g/mol. The zero-order chi connectivity index (χ0) is 16.6. The van der Waals surface area contributed by atoms with Gasteiger partial charge in [0.2, 0.25) is 10.0 Å². The molecular formula is C12H18N2O7S. The van der Waals surface area contributed by atoms with Crippen molar-refractivity contribution in [3.8, 4) is 5.75 Å².